The van der Waals surface area contributed by atoms with Gasteiger partial charge in [-0.1, -0.05) is 29.3 Å². The number of rotatable bonds is 5. The van der Waals surface area contributed by atoms with Crippen LogP contribution in [0.3, 0.4) is 0 Å². The van der Waals surface area contributed by atoms with Crippen LogP contribution in [0.5, 0.6) is 0 Å². The van der Waals surface area contributed by atoms with Gasteiger partial charge in [0.15, 0.2) is 9.84 Å². The molecule has 3 aliphatic heterocycles. The van der Waals surface area contributed by atoms with Crippen molar-refractivity contribution >= 4 is 44.9 Å². The Morgan fingerprint density at radius 3 is 2.58 bits per heavy atom. The average molecular weight is 518 g/mol. The second-order valence-corrected chi connectivity index (χ2v) is 12.1. The first-order valence-electron chi connectivity index (χ1n) is 11.2. The smallest absolute Gasteiger partial charge is 0.245 e. The van der Waals surface area contributed by atoms with Crippen molar-refractivity contribution in [2.24, 2.45) is 0 Å². The number of fused-ring (bicyclic) bond motifs is 1. The molecule has 8 nitrogen and oxygen atoms in total. The quantitative estimate of drug-likeness (QED) is 0.587. The fourth-order valence-corrected chi connectivity index (χ4v) is 6.40. The molecule has 0 bridgehead atoms. The molecule has 11 heteroatoms. The fraction of sp³-hybridized carbons (Fsp3) is 0.636. The summed E-state index contributed by atoms with van der Waals surface area (Å²) in [6, 6.07) is 4.28. The molecule has 0 spiro atoms. The minimum Gasteiger partial charge on any atom is -0.377 e. The normalized spacial score (nSPS) is 28.0. The summed E-state index contributed by atoms with van der Waals surface area (Å²) in [5.41, 5.74) is 0.748. The number of carbonyl (C=O) groups excluding carboxylic acids is 2. The molecule has 2 amide bonds. The first kappa shape index (κ1) is 24.7. The van der Waals surface area contributed by atoms with E-state index in [-0.39, 0.29) is 41.8 Å². The van der Waals surface area contributed by atoms with E-state index >= 15 is 0 Å². The van der Waals surface area contributed by atoms with Crippen LogP contribution < -0.4 is 0 Å². The zero-order valence-corrected chi connectivity index (χ0v) is 20.9. The van der Waals surface area contributed by atoms with Gasteiger partial charge in [0.25, 0.3) is 0 Å². The van der Waals surface area contributed by atoms with Crippen molar-refractivity contribution in [3.63, 3.8) is 0 Å². The van der Waals surface area contributed by atoms with Crippen molar-refractivity contribution < 1.29 is 22.7 Å². The third-order valence-corrected chi connectivity index (χ3v) is 9.12. The van der Waals surface area contributed by atoms with Gasteiger partial charge in [0.05, 0.1) is 53.3 Å². The third kappa shape index (κ3) is 5.65. The summed E-state index contributed by atoms with van der Waals surface area (Å²) in [7, 11) is -2.92. The van der Waals surface area contributed by atoms with Gasteiger partial charge in [-0.3, -0.25) is 9.59 Å². The van der Waals surface area contributed by atoms with Crippen LogP contribution in [0.25, 0.3) is 0 Å². The van der Waals surface area contributed by atoms with Crippen LogP contribution in [0.2, 0.25) is 10.0 Å². The lowest BCUT2D eigenvalue weighted by atomic mass is 9.99. The molecule has 0 saturated carbocycles. The van der Waals surface area contributed by atoms with Crippen LogP contribution in [0, 0.1) is 0 Å². The van der Waals surface area contributed by atoms with Gasteiger partial charge in [-0.15, -0.1) is 0 Å². The van der Waals surface area contributed by atoms with Crippen molar-refractivity contribution in [3.8, 4) is 0 Å². The van der Waals surface area contributed by atoms with Crippen LogP contribution in [-0.2, 0) is 30.6 Å². The predicted molar refractivity (Wildman–Crippen MR) is 126 cm³/mol. The van der Waals surface area contributed by atoms with Crippen molar-refractivity contribution in [3.05, 3.63) is 33.8 Å². The molecule has 0 aromatic heterocycles. The number of hydrogen-bond acceptors (Lipinski definition) is 6. The molecule has 3 heterocycles. The number of ether oxygens (including phenoxy) is 1. The number of benzene rings is 1. The largest absolute Gasteiger partial charge is 0.377 e. The van der Waals surface area contributed by atoms with E-state index < -0.39 is 15.9 Å². The molecule has 0 unspecified atom stereocenters. The van der Waals surface area contributed by atoms with E-state index in [2.05, 4.69) is 4.90 Å². The Morgan fingerprint density at radius 1 is 1.15 bits per heavy atom. The number of amides is 2. The van der Waals surface area contributed by atoms with Gasteiger partial charge in [-0.25, -0.2) is 8.42 Å². The van der Waals surface area contributed by atoms with Crippen LogP contribution in [0.4, 0.5) is 0 Å². The summed E-state index contributed by atoms with van der Waals surface area (Å²) in [6.45, 7) is 4.82. The van der Waals surface area contributed by atoms with Crippen LogP contribution >= 0.6 is 23.2 Å². The van der Waals surface area contributed by atoms with Crippen molar-refractivity contribution in [2.45, 2.75) is 37.9 Å². The van der Waals surface area contributed by atoms with Gasteiger partial charge in [0.1, 0.15) is 6.04 Å². The number of piperazine rings is 1. The molecule has 0 radical (unpaired) electrons. The zero-order valence-electron chi connectivity index (χ0n) is 18.6. The van der Waals surface area contributed by atoms with E-state index in [0.29, 0.717) is 55.9 Å². The number of nitrogens with zero attached hydrogens (tertiary/aromatic N) is 3. The number of halogens is 2. The second kappa shape index (κ2) is 10.1. The monoisotopic (exact) mass is 517 g/mol. The summed E-state index contributed by atoms with van der Waals surface area (Å²) in [4.78, 5) is 32.0. The van der Waals surface area contributed by atoms with Crippen molar-refractivity contribution in [1.29, 1.82) is 0 Å². The minimum absolute atomic E-state index is 0.0664. The Bertz CT molecular complexity index is 1010. The Hall–Kier alpha value is -1.39. The van der Waals surface area contributed by atoms with Crippen molar-refractivity contribution in [2.75, 3.05) is 50.9 Å². The molecule has 3 saturated heterocycles. The Labute approximate surface area is 204 Å². The first-order valence-corrected chi connectivity index (χ1v) is 13.8. The van der Waals surface area contributed by atoms with Crippen LogP contribution in [-0.4, -0.2) is 104 Å². The maximum Gasteiger partial charge on any atom is 0.245 e. The Balaban J connectivity index is 1.38. The van der Waals surface area contributed by atoms with E-state index in [0.717, 1.165) is 5.56 Å². The number of carbonyl (C=O) groups is 2. The van der Waals surface area contributed by atoms with E-state index in [9.17, 15) is 18.0 Å². The molecule has 182 valence electrons. The molecule has 33 heavy (non-hydrogen) atoms. The molecule has 0 N–H and O–H groups in total. The maximum atomic E-state index is 13.3. The Kier molecular flexibility index (Phi) is 7.55. The van der Waals surface area contributed by atoms with Gasteiger partial charge < -0.3 is 19.4 Å². The SMILES string of the molecule is C[C@H]1C(=O)N2[C@@H](CCN3CCS(=O)(=O)CC3)COC[C@H]2CN1C(=O)Cc1ccc(Cl)c(Cl)c1. The molecule has 0 aliphatic carbocycles. The molecule has 4 rings (SSSR count). The highest BCUT2D eigenvalue weighted by Crippen LogP contribution is 2.27. The van der Waals surface area contributed by atoms with Gasteiger partial charge in [-0.2, -0.15) is 0 Å². The van der Waals surface area contributed by atoms with Gasteiger partial charge in [0.2, 0.25) is 11.8 Å². The summed E-state index contributed by atoms with van der Waals surface area (Å²) in [5, 5.41) is 0.826. The third-order valence-electron chi connectivity index (χ3n) is 6.77. The summed E-state index contributed by atoms with van der Waals surface area (Å²) < 4.78 is 29.1. The molecular weight excluding hydrogens is 489 g/mol. The highest BCUT2D eigenvalue weighted by Gasteiger charge is 2.45. The molecule has 3 atom stereocenters. The van der Waals surface area contributed by atoms with E-state index in [1.165, 1.54) is 0 Å². The van der Waals surface area contributed by atoms with E-state index in [1.54, 1.807) is 30.0 Å². The molecule has 3 aliphatic rings. The highest BCUT2D eigenvalue weighted by atomic mass is 35.5. The van der Waals surface area contributed by atoms with Gasteiger partial charge >= 0.3 is 0 Å². The Morgan fingerprint density at radius 2 is 1.88 bits per heavy atom. The number of sulfone groups is 1. The lowest BCUT2D eigenvalue weighted by molar-refractivity contribution is -0.168. The first-order chi connectivity index (χ1) is 15.6. The molecule has 1 aromatic rings. The maximum absolute atomic E-state index is 13.3. The molecule has 3 fully saturated rings. The van der Waals surface area contributed by atoms with Crippen LogP contribution in [0.1, 0.15) is 18.9 Å². The zero-order chi connectivity index (χ0) is 23.8. The lowest BCUT2D eigenvalue weighted by Crippen LogP contribution is -2.68. The van der Waals surface area contributed by atoms with Crippen LogP contribution in [0.15, 0.2) is 18.2 Å². The fourth-order valence-electron chi connectivity index (χ4n) is 4.81. The van der Waals surface area contributed by atoms with Crippen molar-refractivity contribution in [1.82, 2.24) is 14.7 Å². The standard InChI is InChI=1S/C22H29Cl2N3O5S/c1-15-22(29)27-17(4-5-25-6-8-33(30,31)9-7-25)13-32-14-18(27)12-26(15)21(28)11-16-2-3-19(23)20(24)10-16/h2-3,10,15,17-18H,4-9,11-14H2,1H3/t15-,17-,18+/m0/s1. The summed E-state index contributed by atoms with van der Waals surface area (Å²) in [6.07, 6.45) is 0.857. The molecule has 1 aromatic carbocycles. The predicted octanol–water partition coefficient (Wildman–Crippen LogP) is 1.48. The minimum atomic E-state index is -2.92. The summed E-state index contributed by atoms with van der Waals surface area (Å²) in [5.74, 6) is 0.174. The molecular formula is C22H29Cl2N3O5S. The van der Waals surface area contributed by atoms with E-state index in [4.69, 9.17) is 27.9 Å². The topological polar surface area (TPSA) is 87.2 Å². The number of hydrogen-bond donors (Lipinski definition) is 0. The van der Waals surface area contributed by atoms with Gasteiger partial charge in [-0.05, 0) is 31.0 Å². The van der Waals surface area contributed by atoms with E-state index in [1.807, 2.05) is 4.90 Å². The second-order valence-electron chi connectivity index (χ2n) is 9.02. The highest BCUT2D eigenvalue weighted by molar-refractivity contribution is 7.91. The average Bonchev–Trinajstić information content (AvgIpc) is 2.77. The number of morpholine rings is 1. The summed E-state index contributed by atoms with van der Waals surface area (Å²) >= 11 is 12.0. The lowest BCUT2D eigenvalue weighted by Gasteiger charge is -2.50. The van der Waals surface area contributed by atoms with Gasteiger partial charge in [0, 0.05) is 26.2 Å².